The molecule has 0 saturated heterocycles. The second-order valence-corrected chi connectivity index (χ2v) is 12.7. The van der Waals surface area contributed by atoms with Crippen molar-refractivity contribution in [1.82, 2.24) is 0 Å². The van der Waals surface area contributed by atoms with Gasteiger partial charge in [0.15, 0.2) is 0 Å². The summed E-state index contributed by atoms with van der Waals surface area (Å²) < 4.78 is 0. The van der Waals surface area contributed by atoms with Gasteiger partial charge in [-0.1, -0.05) is 64.2 Å². The van der Waals surface area contributed by atoms with Gasteiger partial charge in [-0.25, -0.2) is 0 Å². The summed E-state index contributed by atoms with van der Waals surface area (Å²) in [7, 11) is 0. The normalized spacial score (nSPS) is 46.1. The third-order valence-electron chi connectivity index (χ3n) is 10.8. The average molecular weight is 431 g/mol. The molecule has 0 aromatic carbocycles. The standard InChI is InChI=1S/C27H46N2O2/c1-17(2)7-6-8-18(3)21-11-12-22-20-10-9-19-15-24(28-30)25(29-31)16-27(19,5)23(20)13-14-26(21,22)4/h17-23,30-31H,6-16H2,1-5H3/b28-24+,29-25+/t18-,19+,20+,21+,22-,23+,26+,27+/m1/s1. The van der Waals surface area contributed by atoms with E-state index < -0.39 is 0 Å². The van der Waals surface area contributed by atoms with E-state index in [9.17, 15) is 10.4 Å². The minimum Gasteiger partial charge on any atom is -0.411 e. The first-order chi connectivity index (χ1) is 14.7. The lowest BCUT2D eigenvalue weighted by atomic mass is 9.44. The van der Waals surface area contributed by atoms with E-state index in [0.717, 1.165) is 48.3 Å². The van der Waals surface area contributed by atoms with E-state index in [2.05, 4.69) is 44.9 Å². The zero-order chi connectivity index (χ0) is 22.4. The van der Waals surface area contributed by atoms with Gasteiger partial charge in [-0.3, -0.25) is 0 Å². The zero-order valence-electron chi connectivity index (χ0n) is 20.6. The average Bonchev–Trinajstić information content (AvgIpc) is 3.09. The Kier molecular flexibility index (Phi) is 6.49. The van der Waals surface area contributed by atoms with Crippen LogP contribution in [-0.4, -0.2) is 21.8 Å². The number of nitrogens with zero attached hydrogens (tertiary/aromatic N) is 2. The van der Waals surface area contributed by atoms with Gasteiger partial charge in [-0.05, 0) is 97.2 Å². The molecule has 4 aliphatic carbocycles. The molecule has 0 aromatic heterocycles. The first kappa shape index (κ1) is 23.1. The Balaban J connectivity index is 1.50. The van der Waals surface area contributed by atoms with Gasteiger partial charge in [0.25, 0.3) is 0 Å². The minimum absolute atomic E-state index is 0.182. The van der Waals surface area contributed by atoms with Gasteiger partial charge in [0.1, 0.15) is 11.4 Å². The second kappa shape index (κ2) is 8.71. The Morgan fingerprint density at radius 1 is 0.871 bits per heavy atom. The van der Waals surface area contributed by atoms with Crippen LogP contribution in [0.4, 0.5) is 0 Å². The summed E-state index contributed by atoms with van der Waals surface area (Å²) in [6.07, 6.45) is 13.8. The summed E-state index contributed by atoms with van der Waals surface area (Å²) in [6.45, 7) is 12.4. The summed E-state index contributed by atoms with van der Waals surface area (Å²) in [4.78, 5) is 0. The molecule has 4 heteroatoms. The summed E-state index contributed by atoms with van der Waals surface area (Å²) in [5.41, 5.74) is 1.93. The quantitative estimate of drug-likeness (QED) is 0.353. The van der Waals surface area contributed by atoms with Crippen LogP contribution in [-0.2, 0) is 0 Å². The molecule has 31 heavy (non-hydrogen) atoms. The van der Waals surface area contributed by atoms with E-state index >= 15 is 0 Å². The number of rotatable bonds is 5. The lowest BCUT2D eigenvalue weighted by molar-refractivity contribution is -0.0976. The monoisotopic (exact) mass is 430 g/mol. The van der Waals surface area contributed by atoms with Crippen LogP contribution in [0, 0.1) is 52.3 Å². The van der Waals surface area contributed by atoms with Crippen molar-refractivity contribution in [3.8, 4) is 0 Å². The fourth-order valence-corrected chi connectivity index (χ4v) is 9.18. The van der Waals surface area contributed by atoms with Crippen LogP contribution in [0.2, 0.25) is 0 Å². The highest BCUT2D eigenvalue weighted by atomic mass is 16.4. The van der Waals surface area contributed by atoms with Gasteiger partial charge in [-0.2, -0.15) is 0 Å². The minimum atomic E-state index is 0.182. The summed E-state index contributed by atoms with van der Waals surface area (Å²) in [6, 6.07) is 0. The molecule has 0 spiro atoms. The highest BCUT2D eigenvalue weighted by Crippen LogP contribution is 2.68. The third kappa shape index (κ3) is 3.84. The molecule has 4 fully saturated rings. The van der Waals surface area contributed by atoms with Crippen LogP contribution in [0.3, 0.4) is 0 Å². The number of hydrogen-bond donors (Lipinski definition) is 2. The summed E-state index contributed by atoms with van der Waals surface area (Å²) >= 11 is 0. The van der Waals surface area contributed by atoms with E-state index in [1.165, 1.54) is 57.8 Å². The van der Waals surface area contributed by atoms with E-state index in [1.807, 2.05) is 0 Å². The van der Waals surface area contributed by atoms with Crippen molar-refractivity contribution in [2.45, 2.75) is 105 Å². The Bertz CT molecular complexity index is 716. The van der Waals surface area contributed by atoms with Crippen LogP contribution >= 0.6 is 0 Å². The topological polar surface area (TPSA) is 65.2 Å². The molecule has 176 valence electrons. The van der Waals surface area contributed by atoms with E-state index in [4.69, 9.17) is 0 Å². The lowest BCUT2D eigenvalue weighted by Crippen LogP contribution is -2.55. The van der Waals surface area contributed by atoms with Crippen LogP contribution in [0.15, 0.2) is 10.3 Å². The van der Waals surface area contributed by atoms with Crippen molar-refractivity contribution in [3.63, 3.8) is 0 Å². The third-order valence-corrected chi connectivity index (χ3v) is 10.8. The number of oxime groups is 2. The van der Waals surface area contributed by atoms with Crippen molar-refractivity contribution in [2.75, 3.05) is 0 Å². The summed E-state index contributed by atoms with van der Waals surface area (Å²) in [5, 5.41) is 26.0. The molecule has 4 aliphatic rings. The van der Waals surface area contributed by atoms with E-state index in [0.29, 0.717) is 22.8 Å². The maximum absolute atomic E-state index is 9.58. The van der Waals surface area contributed by atoms with Gasteiger partial charge in [-0.15, -0.1) is 0 Å². The highest BCUT2D eigenvalue weighted by molar-refractivity contribution is 6.42. The SMILES string of the molecule is CC(C)CCC[C@@H](C)[C@@H]1CC[C@@H]2[C@@H]3CC[C@H]4CC(=N\O)/C(=N/O)C[C@]4(C)[C@H]3CC[C@]21C. The molecule has 0 aromatic rings. The molecule has 0 bridgehead atoms. The van der Waals surface area contributed by atoms with Crippen molar-refractivity contribution in [1.29, 1.82) is 0 Å². The van der Waals surface area contributed by atoms with Gasteiger partial charge in [0.05, 0.1) is 0 Å². The summed E-state index contributed by atoms with van der Waals surface area (Å²) in [5.74, 6) is 5.53. The largest absolute Gasteiger partial charge is 0.411 e. The molecule has 0 unspecified atom stereocenters. The molecule has 0 radical (unpaired) electrons. The fraction of sp³-hybridized carbons (Fsp3) is 0.926. The molecule has 8 atom stereocenters. The molecular formula is C27H46N2O2. The molecule has 4 saturated carbocycles. The molecule has 0 amide bonds. The van der Waals surface area contributed by atoms with Crippen molar-refractivity contribution >= 4 is 11.4 Å². The van der Waals surface area contributed by atoms with Gasteiger partial charge < -0.3 is 10.4 Å². The maximum Gasteiger partial charge on any atom is 0.105 e. The number of hydrogen-bond acceptors (Lipinski definition) is 4. The Hall–Kier alpha value is -1.06. The Morgan fingerprint density at radius 2 is 1.58 bits per heavy atom. The van der Waals surface area contributed by atoms with Crippen LogP contribution < -0.4 is 0 Å². The van der Waals surface area contributed by atoms with Gasteiger partial charge in [0.2, 0.25) is 0 Å². The molecule has 0 heterocycles. The van der Waals surface area contributed by atoms with Crippen molar-refractivity contribution < 1.29 is 10.4 Å². The first-order valence-corrected chi connectivity index (χ1v) is 13.2. The molecule has 0 aliphatic heterocycles. The fourth-order valence-electron chi connectivity index (χ4n) is 9.18. The Labute approximate surface area is 189 Å². The van der Waals surface area contributed by atoms with Gasteiger partial charge in [0, 0.05) is 6.42 Å². The van der Waals surface area contributed by atoms with Crippen molar-refractivity contribution in [3.05, 3.63) is 0 Å². The lowest BCUT2D eigenvalue weighted by Gasteiger charge is -2.60. The van der Waals surface area contributed by atoms with E-state index in [-0.39, 0.29) is 5.41 Å². The Morgan fingerprint density at radius 3 is 2.26 bits per heavy atom. The van der Waals surface area contributed by atoms with Crippen LogP contribution in [0.5, 0.6) is 0 Å². The molecule has 4 rings (SSSR count). The van der Waals surface area contributed by atoms with Gasteiger partial charge >= 0.3 is 0 Å². The predicted molar refractivity (Wildman–Crippen MR) is 127 cm³/mol. The van der Waals surface area contributed by atoms with Crippen LogP contribution in [0.25, 0.3) is 0 Å². The molecule has 4 nitrogen and oxygen atoms in total. The van der Waals surface area contributed by atoms with E-state index in [1.54, 1.807) is 0 Å². The maximum atomic E-state index is 9.58. The predicted octanol–water partition coefficient (Wildman–Crippen LogP) is 7.38. The zero-order valence-corrected chi connectivity index (χ0v) is 20.6. The van der Waals surface area contributed by atoms with Crippen LogP contribution in [0.1, 0.15) is 105 Å². The smallest absolute Gasteiger partial charge is 0.105 e. The first-order valence-electron chi connectivity index (χ1n) is 13.2. The molecule has 2 N–H and O–H groups in total. The van der Waals surface area contributed by atoms with Crippen molar-refractivity contribution in [2.24, 2.45) is 62.6 Å². The second-order valence-electron chi connectivity index (χ2n) is 12.7. The highest BCUT2D eigenvalue weighted by Gasteiger charge is 2.61. The number of fused-ring (bicyclic) bond motifs is 5. The molecular weight excluding hydrogens is 384 g/mol.